The number of para-hydroxylation sites is 1. The molecule has 2 heterocycles. The summed E-state index contributed by atoms with van der Waals surface area (Å²) in [5.41, 5.74) is 5.06. The number of allylic oxidation sites excluding steroid dienone is 1. The van der Waals surface area contributed by atoms with Gasteiger partial charge in [0.15, 0.2) is 11.0 Å². The fourth-order valence-electron chi connectivity index (χ4n) is 3.41. The fourth-order valence-corrected chi connectivity index (χ4v) is 4.39. The minimum absolute atomic E-state index is 0.172. The van der Waals surface area contributed by atoms with Gasteiger partial charge in [-0.15, -0.1) is 16.8 Å². The van der Waals surface area contributed by atoms with Gasteiger partial charge in [-0.25, -0.2) is 4.98 Å². The van der Waals surface area contributed by atoms with E-state index in [1.165, 1.54) is 5.56 Å². The van der Waals surface area contributed by atoms with Crippen LogP contribution in [0.25, 0.3) is 33.5 Å². The van der Waals surface area contributed by atoms with Crippen molar-refractivity contribution in [3.63, 3.8) is 0 Å². The smallest absolute Gasteiger partial charge is 0.191 e. The standard InChI is InChI=1S/C25H24N4OS/c1-4-14-29-24(27-28-25(29)31-15-13-18(3)30)21-16-23(19-11-9-17(2)10-12-19)26-22-8-6-5-7-20(21)22/h4-12,16H,1,13-15H2,2-3H3. The monoisotopic (exact) mass is 428 g/mol. The molecular formula is C25H24N4OS. The molecule has 0 saturated heterocycles. The van der Waals surface area contributed by atoms with E-state index in [2.05, 4.69) is 64.7 Å². The maximum absolute atomic E-state index is 11.3. The Labute approximate surface area is 186 Å². The molecule has 0 aliphatic carbocycles. The summed E-state index contributed by atoms with van der Waals surface area (Å²) in [5.74, 6) is 1.62. The number of benzene rings is 2. The predicted molar refractivity (Wildman–Crippen MR) is 127 cm³/mol. The highest BCUT2D eigenvalue weighted by molar-refractivity contribution is 7.99. The fraction of sp³-hybridized carbons (Fsp3) is 0.200. The zero-order valence-electron chi connectivity index (χ0n) is 17.7. The molecule has 156 valence electrons. The van der Waals surface area contributed by atoms with Crippen molar-refractivity contribution in [2.45, 2.75) is 32.0 Å². The summed E-state index contributed by atoms with van der Waals surface area (Å²) in [7, 11) is 0. The Morgan fingerprint density at radius 3 is 2.65 bits per heavy atom. The quantitative estimate of drug-likeness (QED) is 0.265. The summed E-state index contributed by atoms with van der Waals surface area (Å²) in [6.45, 7) is 8.17. The number of fused-ring (bicyclic) bond motifs is 1. The summed E-state index contributed by atoms with van der Waals surface area (Å²) < 4.78 is 2.05. The van der Waals surface area contributed by atoms with Gasteiger partial charge in [-0.1, -0.05) is 65.9 Å². The van der Waals surface area contributed by atoms with E-state index < -0.39 is 0 Å². The van der Waals surface area contributed by atoms with Crippen LogP contribution in [0, 0.1) is 6.92 Å². The number of ketones is 1. The number of hydrogen-bond donors (Lipinski definition) is 0. The van der Waals surface area contributed by atoms with E-state index in [0.29, 0.717) is 18.7 Å². The molecule has 2 aromatic heterocycles. The third-order valence-corrected chi connectivity index (χ3v) is 5.99. The van der Waals surface area contributed by atoms with Crippen LogP contribution in [0.3, 0.4) is 0 Å². The Morgan fingerprint density at radius 1 is 1.13 bits per heavy atom. The van der Waals surface area contributed by atoms with Crippen LogP contribution in [0.4, 0.5) is 0 Å². The molecule has 2 aromatic carbocycles. The SMILES string of the molecule is C=CCn1c(SCCC(C)=O)nnc1-c1cc(-c2ccc(C)cc2)nc2ccccc12. The van der Waals surface area contributed by atoms with Crippen molar-refractivity contribution in [2.75, 3.05) is 5.75 Å². The van der Waals surface area contributed by atoms with Gasteiger partial charge in [-0.3, -0.25) is 9.36 Å². The summed E-state index contributed by atoms with van der Waals surface area (Å²) in [6.07, 6.45) is 2.35. The Hall–Kier alpha value is -3.25. The van der Waals surface area contributed by atoms with Crippen molar-refractivity contribution >= 4 is 28.4 Å². The maximum atomic E-state index is 11.3. The summed E-state index contributed by atoms with van der Waals surface area (Å²) in [5, 5.41) is 10.8. The first-order valence-electron chi connectivity index (χ1n) is 10.2. The molecule has 0 saturated carbocycles. The molecule has 0 radical (unpaired) electrons. The number of pyridine rings is 1. The molecule has 0 N–H and O–H groups in total. The van der Waals surface area contributed by atoms with Crippen molar-refractivity contribution in [1.29, 1.82) is 0 Å². The third-order valence-electron chi connectivity index (χ3n) is 5.02. The molecule has 6 heteroatoms. The Balaban J connectivity index is 1.85. The van der Waals surface area contributed by atoms with Gasteiger partial charge in [0.2, 0.25) is 0 Å². The van der Waals surface area contributed by atoms with Gasteiger partial charge >= 0.3 is 0 Å². The van der Waals surface area contributed by atoms with E-state index in [0.717, 1.165) is 38.7 Å². The van der Waals surface area contributed by atoms with E-state index in [9.17, 15) is 4.79 Å². The molecule has 0 aliphatic heterocycles. The minimum Gasteiger partial charge on any atom is -0.300 e. The Kier molecular flexibility index (Phi) is 6.28. The van der Waals surface area contributed by atoms with Crippen LogP contribution < -0.4 is 0 Å². The average molecular weight is 429 g/mol. The van der Waals surface area contributed by atoms with Gasteiger partial charge < -0.3 is 0 Å². The maximum Gasteiger partial charge on any atom is 0.191 e. The van der Waals surface area contributed by atoms with Crippen molar-refractivity contribution in [3.8, 4) is 22.6 Å². The second-order valence-corrected chi connectivity index (χ2v) is 8.51. The van der Waals surface area contributed by atoms with Crippen LogP contribution in [-0.2, 0) is 11.3 Å². The topological polar surface area (TPSA) is 60.7 Å². The van der Waals surface area contributed by atoms with Crippen LogP contribution in [0.2, 0.25) is 0 Å². The minimum atomic E-state index is 0.172. The highest BCUT2D eigenvalue weighted by Crippen LogP contribution is 2.33. The second-order valence-electron chi connectivity index (χ2n) is 7.44. The summed E-state index contributed by atoms with van der Waals surface area (Å²) in [6, 6.07) is 18.5. The van der Waals surface area contributed by atoms with Crippen molar-refractivity contribution in [3.05, 3.63) is 72.8 Å². The molecule has 0 fully saturated rings. The van der Waals surface area contributed by atoms with E-state index in [1.807, 2.05) is 24.3 Å². The van der Waals surface area contributed by atoms with Crippen molar-refractivity contribution < 1.29 is 4.79 Å². The van der Waals surface area contributed by atoms with E-state index >= 15 is 0 Å². The lowest BCUT2D eigenvalue weighted by atomic mass is 10.0. The third kappa shape index (κ3) is 4.59. The van der Waals surface area contributed by atoms with E-state index in [4.69, 9.17) is 4.98 Å². The number of carbonyl (C=O) groups is 1. The summed E-state index contributed by atoms with van der Waals surface area (Å²) in [4.78, 5) is 16.2. The molecule has 31 heavy (non-hydrogen) atoms. The van der Waals surface area contributed by atoms with Gasteiger partial charge in [-0.05, 0) is 26.0 Å². The van der Waals surface area contributed by atoms with Gasteiger partial charge in [0.1, 0.15) is 5.78 Å². The van der Waals surface area contributed by atoms with Crippen LogP contribution in [0.15, 0.2) is 72.4 Å². The highest BCUT2D eigenvalue weighted by atomic mass is 32.2. The molecule has 4 aromatic rings. The summed E-state index contributed by atoms with van der Waals surface area (Å²) >= 11 is 1.54. The normalized spacial score (nSPS) is 11.0. The molecule has 0 amide bonds. The largest absolute Gasteiger partial charge is 0.300 e. The van der Waals surface area contributed by atoms with Crippen LogP contribution in [-0.4, -0.2) is 31.3 Å². The Bertz CT molecular complexity index is 1240. The first-order chi connectivity index (χ1) is 15.1. The van der Waals surface area contributed by atoms with Gasteiger partial charge in [0, 0.05) is 35.2 Å². The second kappa shape index (κ2) is 9.27. The first-order valence-corrected chi connectivity index (χ1v) is 11.2. The van der Waals surface area contributed by atoms with E-state index in [1.54, 1.807) is 18.7 Å². The predicted octanol–water partition coefficient (Wildman–Crippen LogP) is 5.73. The number of hydrogen-bond acceptors (Lipinski definition) is 5. The lowest BCUT2D eigenvalue weighted by Gasteiger charge is -2.12. The number of rotatable bonds is 8. The molecule has 5 nitrogen and oxygen atoms in total. The highest BCUT2D eigenvalue weighted by Gasteiger charge is 2.18. The lowest BCUT2D eigenvalue weighted by Crippen LogP contribution is -2.02. The molecule has 0 atom stereocenters. The molecule has 0 unspecified atom stereocenters. The molecule has 4 rings (SSSR count). The molecule has 0 aliphatic rings. The van der Waals surface area contributed by atoms with Crippen molar-refractivity contribution in [1.82, 2.24) is 19.7 Å². The molecule has 0 bridgehead atoms. The average Bonchev–Trinajstić information content (AvgIpc) is 3.16. The van der Waals surface area contributed by atoms with Crippen molar-refractivity contribution in [2.24, 2.45) is 0 Å². The van der Waals surface area contributed by atoms with Crippen LogP contribution >= 0.6 is 11.8 Å². The number of thioether (sulfide) groups is 1. The molecule has 0 spiro atoms. The first kappa shape index (κ1) is 21.0. The number of nitrogens with zero attached hydrogens (tertiary/aromatic N) is 4. The van der Waals surface area contributed by atoms with Crippen LogP contribution in [0.5, 0.6) is 0 Å². The number of Topliss-reactive ketones (excluding diaryl/α,β-unsaturated/α-hetero) is 1. The zero-order valence-corrected chi connectivity index (χ0v) is 18.5. The zero-order chi connectivity index (χ0) is 21.8. The van der Waals surface area contributed by atoms with Gasteiger partial charge in [0.05, 0.1) is 11.2 Å². The van der Waals surface area contributed by atoms with Gasteiger partial charge in [0.25, 0.3) is 0 Å². The number of carbonyl (C=O) groups excluding carboxylic acids is 1. The lowest BCUT2D eigenvalue weighted by molar-refractivity contribution is -0.116. The van der Waals surface area contributed by atoms with Crippen LogP contribution in [0.1, 0.15) is 18.9 Å². The van der Waals surface area contributed by atoms with Gasteiger partial charge in [-0.2, -0.15) is 0 Å². The Morgan fingerprint density at radius 2 is 1.90 bits per heavy atom. The number of aryl methyl sites for hydroxylation is 1. The number of aromatic nitrogens is 4. The van der Waals surface area contributed by atoms with E-state index in [-0.39, 0.29) is 5.78 Å². The molecular weight excluding hydrogens is 404 g/mol.